The molecule has 0 aliphatic rings. The number of rotatable bonds is 6. The molecule has 0 unspecified atom stereocenters. The van der Waals surface area contributed by atoms with Crippen LogP contribution in [0.25, 0.3) is 17.2 Å². The van der Waals surface area contributed by atoms with E-state index in [1.807, 2.05) is 31.2 Å². The van der Waals surface area contributed by atoms with Crippen molar-refractivity contribution in [1.29, 1.82) is 0 Å². The summed E-state index contributed by atoms with van der Waals surface area (Å²) in [7, 11) is 0. The minimum atomic E-state index is -4.74. The topological polar surface area (TPSA) is 69.6 Å². The Balaban J connectivity index is 1.37. The van der Waals surface area contributed by atoms with E-state index in [0.717, 1.165) is 17.0 Å². The van der Waals surface area contributed by atoms with E-state index in [1.54, 1.807) is 10.7 Å². The van der Waals surface area contributed by atoms with Crippen molar-refractivity contribution in [2.75, 3.05) is 0 Å². The van der Waals surface area contributed by atoms with E-state index < -0.39 is 6.36 Å². The Kier molecular flexibility index (Phi) is 5.03. The van der Waals surface area contributed by atoms with Crippen LogP contribution in [0.4, 0.5) is 13.2 Å². The Hall–Kier alpha value is -3.62. The van der Waals surface area contributed by atoms with E-state index in [4.69, 9.17) is 4.42 Å². The molecule has 2 aromatic heterocycles. The number of ether oxygens (including phenoxy) is 1. The van der Waals surface area contributed by atoms with E-state index in [0.29, 0.717) is 17.2 Å². The average molecular weight is 415 g/mol. The molecule has 4 rings (SSSR count). The maximum Gasteiger partial charge on any atom is 0.573 e. The molecule has 0 N–H and O–H groups in total. The number of nitrogens with zero attached hydrogens (tertiary/aromatic N) is 3. The van der Waals surface area contributed by atoms with Crippen LogP contribution in [0, 0.1) is 6.92 Å². The zero-order valence-corrected chi connectivity index (χ0v) is 15.8. The largest absolute Gasteiger partial charge is 0.573 e. The van der Waals surface area contributed by atoms with Crippen LogP contribution in [0.15, 0.2) is 59.1 Å². The molecule has 0 atom stereocenters. The highest BCUT2D eigenvalue weighted by atomic mass is 19.4. The molecule has 4 aromatic rings. The fraction of sp³-hybridized carbons (Fsp3) is 0.190. The van der Waals surface area contributed by atoms with Crippen LogP contribution in [0.2, 0.25) is 0 Å². The second-order valence-electron chi connectivity index (χ2n) is 6.74. The summed E-state index contributed by atoms with van der Waals surface area (Å²) in [6.07, 6.45) is -2.82. The molecule has 0 fully saturated rings. The zero-order valence-electron chi connectivity index (χ0n) is 15.8. The normalized spacial score (nSPS) is 11.7. The number of aromatic nitrogens is 3. The van der Waals surface area contributed by atoms with Gasteiger partial charge < -0.3 is 9.15 Å². The van der Waals surface area contributed by atoms with Crippen molar-refractivity contribution in [3.8, 4) is 17.2 Å². The Bertz CT molecular complexity index is 1180. The first-order chi connectivity index (χ1) is 14.3. The number of carbonyl (C=O) groups is 1. The van der Waals surface area contributed by atoms with Gasteiger partial charge in [0.1, 0.15) is 17.4 Å². The number of carbonyl (C=O) groups excluding carboxylic acids is 1. The predicted octanol–water partition coefficient (Wildman–Crippen LogP) is 4.55. The summed E-state index contributed by atoms with van der Waals surface area (Å²) in [5, 5.41) is 4.36. The highest BCUT2D eigenvalue weighted by Gasteiger charge is 2.30. The molecule has 0 spiro atoms. The smallest absolute Gasteiger partial charge is 0.417 e. The third kappa shape index (κ3) is 4.51. The summed E-state index contributed by atoms with van der Waals surface area (Å²) in [6.45, 7) is 1.82. The molecular weight excluding hydrogens is 399 g/mol. The number of hydrogen-bond acceptors (Lipinski definition) is 5. The lowest BCUT2D eigenvalue weighted by atomic mass is 10.0. The Morgan fingerprint density at radius 1 is 1.03 bits per heavy atom. The third-order valence-electron chi connectivity index (χ3n) is 4.43. The predicted molar refractivity (Wildman–Crippen MR) is 101 cm³/mol. The molecule has 0 saturated heterocycles. The molecular formula is C21H16F3N3O3. The molecule has 0 amide bonds. The molecule has 2 heterocycles. The minimum absolute atomic E-state index is 0.0562. The van der Waals surface area contributed by atoms with Gasteiger partial charge in [0.2, 0.25) is 11.6 Å². The molecule has 0 saturated carbocycles. The SMILES string of the molecule is Cc1ncc2oc(-c3ccc(CC(=O)Cc4ccc(OC(F)(F)F)cc4)cc3)nn12. The quantitative estimate of drug-likeness (QED) is 0.462. The molecule has 154 valence electrons. The molecule has 30 heavy (non-hydrogen) atoms. The van der Waals surface area contributed by atoms with E-state index in [-0.39, 0.29) is 24.4 Å². The van der Waals surface area contributed by atoms with Crippen molar-refractivity contribution < 1.29 is 27.1 Å². The highest BCUT2D eigenvalue weighted by Crippen LogP contribution is 2.24. The van der Waals surface area contributed by atoms with Gasteiger partial charge in [-0.05, 0) is 42.3 Å². The molecule has 9 heteroatoms. The van der Waals surface area contributed by atoms with Crippen molar-refractivity contribution in [1.82, 2.24) is 14.6 Å². The molecule has 0 radical (unpaired) electrons. The molecule has 0 aliphatic carbocycles. The molecule has 6 nitrogen and oxygen atoms in total. The van der Waals surface area contributed by atoms with Crippen LogP contribution >= 0.6 is 0 Å². The average Bonchev–Trinajstić information content (AvgIpc) is 3.25. The number of fused-ring (bicyclic) bond motifs is 1. The van der Waals surface area contributed by atoms with Gasteiger partial charge in [-0.1, -0.05) is 24.3 Å². The van der Waals surface area contributed by atoms with Crippen molar-refractivity contribution in [2.24, 2.45) is 0 Å². The van der Waals surface area contributed by atoms with E-state index >= 15 is 0 Å². The van der Waals surface area contributed by atoms with Gasteiger partial charge in [0.25, 0.3) is 0 Å². The highest BCUT2D eigenvalue weighted by molar-refractivity contribution is 5.83. The minimum Gasteiger partial charge on any atom is -0.417 e. The number of hydrogen-bond donors (Lipinski definition) is 0. The Morgan fingerprint density at radius 3 is 2.20 bits per heavy atom. The molecule has 2 aromatic carbocycles. The van der Waals surface area contributed by atoms with Gasteiger partial charge in [-0.3, -0.25) is 4.79 Å². The number of halogens is 3. The first kappa shape index (κ1) is 19.7. The third-order valence-corrected chi connectivity index (χ3v) is 4.43. The van der Waals surface area contributed by atoms with Crippen molar-refractivity contribution in [2.45, 2.75) is 26.1 Å². The second kappa shape index (κ2) is 7.66. The number of Topliss-reactive ketones (excluding diaryl/α,β-unsaturated/α-hetero) is 1. The maximum atomic E-state index is 12.3. The number of benzene rings is 2. The summed E-state index contributed by atoms with van der Waals surface area (Å²) in [6, 6.07) is 12.6. The van der Waals surface area contributed by atoms with Gasteiger partial charge in [-0.2, -0.15) is 4.52 Å². The molecule has 0 bridgehead atoms. The fourth-order valence-electron chi connectivity index (χ4n) is 3.03. The fourth-order valence-corrected chi connectivity index (χ4v) is 3.03. The summed E-state index contributed by atoms with van der Waals surface area (Å²) in [5.74, 6) is 0.804. The number of aryl methyl sites for hydroxylation is 1. The summed E-state index contributed by atoms with van der Waals surface area (Å²) >= 11 is 0. The number of alkyl halides is 3. The number of imidazole rings is 1. The van der Waals surface area contributed by atoms with Gasteiger partial charge in [0, 0.05) is 18.4 Å². The van der Waals surface area contributed by atoms with Crippen molar-refractivity contribution in [3.63, 3.8) is 0 Å². The van der Waals surface area contributed by atoms with Crippen LogP contribution < -0.4 is 4.74 Å². The van der Waals surface area contributed by atoms with E-state index in [1.165, 1.54) is 24.3 Å². The van der Waals surface area contributed by atoms with Crippen LogP contribution in [0.3, 0.4) is 0 Å². The van der Waals surface area contributed by atoms with Gasteiger partial charge in [0.15, 0.2) is 0 Å². The van der Waals surface area contributed by atoms with Crippen LogP contribution in [0.1, 0.15) is 17.0 Å². The monoisotopic (exact) mass is 415 g/mol. The van der Waals surface area contributed by atoms with Crippen molar-refractivity contribution >= 4 is 11.5 Å². The lowest BCUT2D eigenvalue weighted by molar-refractivity contribution is -0.274. The van der Waals surface area contributed by atoms with E-state index in [2.05, 4.69) is 14.8 Å². The summed E-state index contributed by atoms with van der Waals surface area (Å²) < 4.78 is 47.7. The van der Waals surface area contributed by atoms with Gasteiger partial charge in [0.05, 0.1) is 6.20 Å². The lowest BCUT2D eigenvalue weighted by Crippen LogP contribution is -2.17. The maximum absolute atomic E-state index is 12.3. The van der Waals surface area contributed by atoms with Crippen LogP contribution in [0.5, 0.6) is 5.75 Å². The Morgan fingerprint density at radius 2 is 1.63 bits per heavy atom. The number of ketones is 1. The van der Waals surface area contributed by atoms with E-state index in [9.17, 15) is 18.0 Å². The summed E-state index contributed by atoms with van der Waals surface area (Å²) in [4.78, 5) is 16.4. The Labute approximate surface area is 168 Å². The first-order valence-electron chi connectivity index (χ1n) is 9.04. The summed E-state index contributed by atoms with van der Waals surface area (Å²) in [5.41, 5.74) is 2.76. The van der Waals surface area contributed by atoms with Gasteiger partial charge >= 0.3 is 6.36 Å². The van der Waals surface area contributed by atoms with Crippen molar-refractivity contribution in [3.05, 3.63) is 71.7 Å². The van der Waals surface area contributed by atoms with Crippen LogP contribution in [-0.2, 0) is 17.6 Å². The second-order valence-corrected chi connectivity index (χ2v) is 6.74. The van der Waals surface area contributed by atoms with Gasteiger partial charge in [-0.15, -0.1) is 18.3 Å². The molecule has 0 aliphatic heterocycles. The lowest BCUT2D eigenvalue weighted by Gasteiger charge is -2.09. The standard InChI is InChI=1S/C21H16F3N3O3/c1-13-25-12-19-27(13)26-20(29-19)16-6-2-14(3-7-16)10-17(28)11-15-4-8-18(9-5-15)30-21(22,23)24/h2-9,12H,10-11H2,1H3. The van der Waals surface area contributed by atoms with Crippen LogP contribution in [-0.4, -0.2) is 26.7 Å². The zero-order chi connectivity index (χ0) is 21.3. The van der Waals surface area contributed by atoms with Gasteiger partial charge in [-0.25, -0.2) is 4.98 Å². The first-order valence-corrected chi connectivity index (χ1v) is 9.04.